The third-order valence-corrected chi connectivity index (χ3v) is 13.6. The zero-order chi connectivity index (χ0) is 41.2. The van der Waals surface area contributed by atoms with E-state index in [2.05, 4.69) is 222 Å². The van der Waals surface area contributed by atoms with Gasteiger partial charge in [0, 0.05) is 44.0 Å². The zero-order valence-corrected chi connectivity index (χ0v) is 34.0. The molecule has 0 unspecified atom stereocenters. The summed E-state index contributed by atoms with van der Waals surface area (Å²) in [7, 11) is 0. The molecule has 0 bridgehead atoms. The molecule has 0 saturated carbocycles. The fourth-order valence-electron chi connectivity index (χ4n) is 11.2. The van der Waals surface area contributed by atoms with E-state index < -0.39 is 5.41 Å². The molecule has 10 aromatic carbocycles. The number of anilines is 3. The van der Waals surface area contributed by atoms with E-state index in [-0.39, 0.29) is 0 Å². The predicted molar refractivity (Wildman–Crippen MR) is 258 cm³/mol. The maximum absolute atomic E-state index is 6.73. The number of aromatic nitrogens is 1. The van der Waals surface area contributed by atoms with Gasteiger partial charge in [0.25, 0.3) is 0 Å². The number of para-hydroxylation sites is 5. The predicted octanol–water partition coefficient (Wildman–Crippen LogP) is 15.8. The third kappa shape index (κ3) is 4.59. The summed E-state index contributed by atoms with van der Waals surface area (Å²) in [6, 6.07) is 79.0. The number of hydrogen-bond acceptors (Lipinski definition) is 3. The second-order valence-corrected chi connectivity index (χ2v) is 16.7. The molecule has 4 heteroatoms. The van der Waals surface area contributed by atoms with Gasteiger partial charge in [-0.3, -0.25) is 0 Å². The first-order valence-electron chi connectivity index (χ1n) is 21.6. The number of ether oxygens (including phenoxy) is 1. The van der Waals surface area contributed by atoms with Crippen LogP contribution in [-0.2, 0) is 5.41 Å². The molecule has 1 aliphatic carbocycles. The number of hydrogen-bond donors (Lipinski definition) is 0. The van der Waals surface area contributed by atoms with Crippen LogP contribution in [0, 0.1) is 0 Å². The number of fused-ring (bicyclic) bond motifs is 14. The van der Waals surface area contributed by atoms with Crippen LogP contribution in [0.4, 0.5) is 17.1 Å². The Morgan fingerprint density at radius 1 is 0.381 bits per heavy atom. The topological polar surface area (TPSA) is 30.5 Å². The molecule has 0 atom stereocenters. The number of nitrogens with zero attached hydrogens (tertiary/aromatic N) is 2. The van der Waals surface area contributed by atoms with Crippen molar-refractivity contribution in [1.29, 1.82) is 0 Å². The van der Waals surface area contributed by atoms with E-state index in [1.54, 1.807) is 0 Å². The Kier molecular flexibility index (Phi) is 7.01. The van der Waals surface area contributed by atoms with Gasteiger partial charge < -0.3 is 18.6 Å². The zero-order valence-electron chi connectivity index (χ0n) is 34.0. The molecule has 0 amide bonds. The highest BCUT2D eigenvalue weighted by molar-refractivity contribution is 6.18. The lowest BCUT2D eigenvalue weighted by Crippen LogP contribution is -2.36. The second-order valence-electron chi connectivity index (χ2n) is 16.7. The molecule has 14 rings (SSSR count). The van der Waals surface area contributed by atoms with Gasteiger partial charge in [0.15, 0.2) is 0 Å². The Morgan fingerprint density at radius 3 is 1.86 bits per heavy atom. The van der Waals surface area contributed by atoms with Gasteiger partial charge in [0.2, 0.25) is 0 Å². The molecule has 0 radical (unpaired) electrons. The molecular weight excluding hydrogens is 769 g/mol. The van der Waals surface area contributed by atoms with Crippen molar-refractivity contribution in [2.24, 2.45) is 0 Å². The van der Waals surface area contributed by atoms with E-state index in [4.69, 9.17) is 9.15 Å². The van der Waals surface area contributed by atoms with Gasteiger partial charge in [-0.15, -0.1) is 0 Å². The third-order valence-electron chi connectivity index (χ3n) is 13.6. The fourth-order valence-corrected chi connectivity index (χ4v) is 11.2. The number of benzene rings is 10. The maximum Gasteiger partial charge on any atom is 0.137 e. The van der Waals surface area contributed by atoms with Gasteiger partial charge in [-0.25, -0.2) is 0 Å². The van der Waals surface area contributed by atoms with Crippen LogP contribution in [-0.4, -0.2) is 4.57 Å². The molecule has 12 aromatic rings. The standard InChI is InChI=1S/C59H36N2O2/c1-2-16-37(17-3-1)60-49-26-10-5-19-40(49)44-36-38(32-34-51(44)60)61(52-27-15-31-56-58(52)43-20-6-11-28-53(43)62-56)50-35-33-41-39-18-4-7-22-45(39)59(48-25-14-21-42(50)57(41)48)46-23-8-12-29-54(46)63-55-30-13-9-24-47(55)59/h1-36H. The van der Waals surface area contributed by atoms with E-state index in [1.807, 2.05) is 6.07 Å². The quantitative estimate of drug-likeness (QED) is 0.178. The molecule has 294 valence electrons. The van der Waals surface area contributed by atoms with Gasteiger partial charge in [0.1, 0.15) is 22.7 Å². The van der Waals surface area contributed by atoms with E-state index in [1.165, 1.54) is 43.9 Å². The van der Waals surface area contributed by atoms with Crippen LogP contribution in [0.5, 0.6) is 11.5 Å². The van der Waals surface area contributed by atoms with Crippen molar-refractivity contribution < 1.29 is 9.15 Å². The van der Waals surface area contributed by atoms with E-state index >= 15 is 0 Å². The largest absolute Gasteiger partial charge is 0.457 e. The summed E-state index contributed by atoms with van der Waals surface area (Å²) in [6.07, 6.45) is 0. The Morgan fingerprint density at radius 2 is 1.02 bits per heavy atom. The van der Waals surface area contributed by atoms with Crippen molar-refractivity contribution in [2.75, 3.05) is 4.90 Å². The summed E-state index contributed by atoms with van der Waals surface area (Å²) in [4.78, 5) is 2.47. The SMILES string of the molecule is c1ccc(-n2c3ccccc3c3cc(N(c4ccc5c6c(cccc46)C4(c6ccccc6Oc6ccccc64)c4ccccc4-5)c4cccc5oc6ccccc6c45)ccc32)cc1. The molecule has 3 heterocycles. The molecule has 0 N–H and O–H groups in total. The normalized spacial score (nSPS) is 13.3. The van der Waals surface area contributed by atoms with Crippen molar-refractivity contribution in [3.8, 4) is 28.3 Å². The van der Waals surface area contributed by atoms with Crippen molar-refractivity contribution in [2.45, 2.75) is 5.41 Å². The highest BCUT2D eigenvalue weighted by atomic mass is 16.5. The lowest BCUT2D eigenvalue weighted by molar-refractivity contribution is 0.435. The highest BCUT2D eigenvalue weighted by Gasteiger charge is 2.49. The van der Waals surface area contributed by atoms with Crippen LogP contribution < -0.4 is 9.64 Å². The first-order chi connectivity index (χ1) is 31.3. The van der Waals surface area contributed by atoms with Crippen molar-refractivity contribution in [3.05, 3.63) is 241 Å². The molecule has 2 aliphatic rings. The highest BCUT2D eigenvalue weighted by Crippen LogP contribution is 2.62. The Hall–Kier alpha value is -8.34. The number of furan rings is 1. The van der Waals surface area contributed by atoms with Crippen molar-refractivity contribution >= 4 is 71.6 Å². The molecule has 1 aliphatic heterocycles. The van der Waals surface area contributed by atoms with Gasteiger partial charge in [0.05, 0.1) is 33.2 Å². The van der Waals surface area contributed by atoms with Crippen LogP contribution in [0.2, 0.25) is 0 Å². The van der Waals surface area contributed by atoms with Crippen LogP contribution in [0.25, 0.3) is 71.3 Å². The van der Waals surface area contributed by atoms with Gasteiger partial charge >= 0.3 is 0 Å². The summed E-state index contributed by atoms with van der Waals surface area (Å²) in [5.41, 5.74) is 15.0. The van der Waals surface area contributed by atoms with Gasteiger partial charge in [-0.05, 0) is 100 Å². The minimum absolute atomic E-state index is 0.628. The lowest BCUT2D eigenvalue weighted by Gasteiger charge is -2.45. The van der Waals surface area contributed by atoms with Crippen LogP contribution in [0.1, 0.15) is 22.3 Å². The second kappa shape index (κ2) is 12.8. The molecule has 1 spiro atoms. The molecule has 0 fully saturated rings. The van der Waals surface area contributed by atoms with E-state index in [9.17, 15) is 0 Å². The van der Waals surface area contributed by atoms with Crippen LogP contribution >= 0.6 is 0 Å². The lowest BCUT2D eigenvalue weighted by atomic mass is 9.58. The Balaban J connectivity index is 1.11. The van der Waals surface area contributed by atoms with E-state index in [0.717, 1.165) is 78.2 Å². The minimum atomic E-state index is -0.628. The fraction of sp³-hybridized carbons (Fsp3) is 0.0169. The van der Waals surface area contributed by atoms with E-state index in [0.29, 0.717) is 0 Å². The summed E-state index contributed by atoms with van der Waals surface area (Å²) >= 11 is 0. The summed E-state index contributed by atoms with van der Waals surface area (Å²) < 4.78 is 15.7. The summed E-state index contributed by atoms with van der Waals surface area (Å²) in [5, 5.41) is 6.95. The molecule has 4 nitrogen and oxygen atoms in total. The molecule has 2 aromatic heterocycles. The number of rotatable bonds is 4. The summed E-state index contributed by atoms with van der Waals surface area (Å²) in [6.45, 7) is 0. The maximum atomic E-state index is 6.73. The average molecular weight is 805 g/mol. The minimum Gasteiger partial charge on any atom is -0.457 e. The Bertz CT molecular complexity index is 3810. The monoisotopic (exact) mass is 804 g/mol. The van der Waals surface area contributed by atoms with Crippen LogP contribution in [0.3, 0.4) is 0 Å². The smallest absolute Gasteiger partial charge is 0.137 e. The molecular formula is C59H36N2O2. The molecule has 63 heavy (non-hydrogen) atoms. The first-order valence-corrected chi connectivity index (χ1v) is 21.6. The van der Waals surface area contributed by atoms with Crippen molar-refractivity contribution in [1.82, 2.24) is 4.57 Å². The van der Waals surface area contributed by atoms with Crippen LogP contribution in [0.15, 0.2) is 223 Å². The Labute approximate surface area is 363 Å². The first kappa shape index (κ1) is 34.4. The van der Waals surface area contributed by atoms with Crippen molar-refractivity contribution in [3.63, 3.8) is 0 Å². The van der Waals surface area contributed by atoms with Gasteiger partial charge in [-0.2, -0.15) is 0 Å². The average Bonchev–Trinajstić information content (AvgIpc) is 3.90. The summed E-state index contributed by atoms with van der Waals surface area (Å²) in [5.74, 6) is 1.76. The van der Waals surface area contributed by atoms with Gasteiger partial charge in [-0.1, -0.05) is 146 Å². The molecule has 0 saturated heterocycles.